The zero-order valence-corrected chi connectivity index (χ0v) is 7.73. The maximum absolute atomic E-state index is 11.2. The van der Waals surface area contributed by atoms with Crippen molar-refractivity contribution >= 4 is 11.9 Å². The topological polar surface area (TPSA) is 77.8 Å². The van der Waals surface area contributed by atoms with Crippen LogP contribution in [0.4, 0.5) is 0 Å². The van der Waals surface area contributed by atoms with Crippen LogP contribution in [0.3, 0.4) is 0 Å². The van der Waals surface area contributed by atoms with E-state index < -0.39 is 5.97 Å². The Morgan fingerprint density at radius 1 is 1.64 bits per heavy atom. The van der Waals surface area contributed by atoms with E-state index in [-0.39, 0.29) is 30.2 Å². The summed E-state index contributed by atoms with van der Waals surface area (Å²) in [5.41, 5.74) is 0.453. The van der Waals surface area contributed by atoms with Crippen molar-refractivity contribution < 1.29 is 19.8 Å². The number of aliphatic hydroxyl groups excluding tert-OH is 1. The number of carbonyl (C=O) groups is 2. The lowest BCUT2D eigenvalue weighted by atomic mass is 9.90. The quantitative estimate of drug-likeness (QED) is 0.589. The van der Waals surface area contributed by atoms with E-state index in [2.05, 4.69) is 0 Å². The molecule has 0 spiro atoms. The number of β-lactam (4-membered cyclic amide) rings is 1. The molecule has 0 aliphatic carbocycles. The molecule has 5 heteroatoms. The Balaban J connectivity index is 2.42. The molecule has 5 nitrogen and oxygen atoms in total. The van der Waals surface area contributed by atoms with E-state index in [1.54, 1.807) is 0 Å². The molecule has 0 aromatic heterocycles. The van der Waals surface area contributed by atoms with Gasteiger partial charge in [0.1, 0.15) is 5.70 Å². The third kappa shape index (κ3) is 0.928. The van der Waals surface area contributed by atoms with E-state index in [1.807, 2.05) is 6.92 Å². The molecule has 0 aromatic rings. The van der Waals surface area contributed by atoms with Gasteiger partial charge in [0.15, 0.2) is 0 Å². The maximum Gasteiger partial charge on any atom is 0.352 e. The highest BCUT2D eigenvalue weighted by Gasteiger charge is 2.51. The number of carboxylic acid groups (broad SMARTS) is 1. The number of nitrogens with zero attached hydrogens (tertiary/aromatic N) is 1. The summed E-state index contributed by atoms with van der Waals surface area (Å²) < 4.78 is 0. The summed E-state index contributed by atoms with van der Waals surface area (Å²) in [4.78, 5) is 23.4. The molecule has 1 amide bonds. The first-order valence-corrected chi connectivity index (χ1v) is 4.47. The van der Waals surface area contributed by atoms with Crippen LogP contribution in [0.2, 0.25) is 0 Å². The van der Waals surface area contributed by atoms with Gasteiger partial charge in [0, 0.05) is 12.3 Å². The second kappa shape index (κ2) is 2.81. The molecule has 2 N–H and O–H groups in total. The maximum atomic E-state index is 11.2. The molecule has 2 rings (SSSR count). The lowest BCUT2D eigenvalue weighted by molar-refractivity contribution is -0.148. The molecule has 0 bridgehead atoms. The smallest absolute Gasteiger partial charge is 0.352 e. The van der Waals surface area contributed by atoms with Crippen molar-refractivity contribution in [2.75, 3.05) is 6.61 Å². The molecule has 2 aliphatic heterocycles. The zero-order valence-electron chi connectivity index (χ0n) is 7.73. The average Bonchev–Trinajstić information content (AvgIpc) is 2.34. The standard InChI is InChI=1S/C9H11NO4/c1-4-5(3-11)8(9(13)14)10-6(4)2-7(10)12/h4,6,11H,2-3H2,1H3,(H,13,14)/t4?,6-/m0/s1. The number of hydrogen-bond donors (Lipinski definition) is 2. The van der Waals surface area contributed by atoms with Gasteiger partial charge in [-0.05, 0) is 5.57 Å². The molecular weight excluding hydrogens is 186 g/mol. The Bertz CT molecular complexity index is 347. The van der Waals surface area contributed by atoms with Crippen LogP contribution in [0.5, 0.6) is 0 Å². The number of aliphatic hydroxyl groups is 1. The van der Waals surface area contributed by atoms with Crippen molar-refractivity contribution in [1.82, 2.24) is 4.90 Å². The van der Waals surface area contributed by atoms with Crippen molar-refractivity contribution in [2.24, 2.45) is 5.92 Å². The molecule has 1 saturated heterocycles. The number of amides is 1. The van der Waals surface area contributed by atoms with E-state index in [9.17, 15) is 9.59 Å². The number of aliphatic carboxylic acids is 1. The third-order valence-electron chi connectivity index (χ3n) is 3.03. The predicted octanol–water partition coefficient (Wildman–Crippen LogP) is -0.432. The van der Waals surface area contributed by atoms with Crippen LogP contribution in [0, 0.1) is 5.92 Å². The molecule has 0 saturated carbocycles. The average molecular weight is 197 g/mol. The Morgan fingerprint density at radius 2 is 2.29 bits per heavy atom. The summed E-state index contributed by atoms with van der Waals surface area (Å²) in [6.45, 7) is 1.55. The van der Waals surface area contributed by atoms with E-state index in [0.29, 0.717) is 12.0 Å². The molecule has 1 unspecified atom stereocenters. The minimum atomic E-state index is -1.13. The van der Waals surface area contributed by atoms with Gasteiger partial charge < -0.3 is 15.1 Å². The zero-order chi connectivity index (χ0) is 10.5. The Kier molecular flexibility index (Phi) is 1.85. The van der Waals surface area contributed by atoms with E-state index in [0.717, 1.165) is 0 Å². The molecule has 2 atom stereocenters. The first kappa shape index (κ1) is 9.21. The van der Waals surface area contributed by atoms with Gasteiger partial charge in [-0.25, -0.2) is 4.79 Å². The SMILES string of the molecule is CC1C(CO)=C(C(=O)O)N2C(=O)C[C@@H]12. The van der Waals surface area contributed by atoms with Gasteiger partial charge in [-0.2, -0.15) is 0 Å². The summed E-state index contributed by atoms with van der Waals surface area (Å²) in [5, 5.41) is 18.0. The largest absolute Gasteiger partial charge is 0.477 e. The van der Waals surface area contributed by atoms with Crippen molar-refractivity contribution in [3.05, 3.63) is 11.3 Å². The fraction of sp³-hybridized carbons (Fsp3) is 0.556. The van der Waals surface area contributed by atoms with Gasteiger partial charge >= 0.3 is 5.97 Å². The summed E-state index contributed by atoms with van der Waals surface area (Å²) in [6.07, 6.45) is 0.390. The Labute approximate surface area is 80.6 Å². The summed E-state index contributed by atoms with van der Waals surface area (Å²) in [6, 6.07) is -0.0456. The van der Waals surface area contributed by atoms with Crippen LogP contribution in [0.25, 0.3) is 0 Å². The second-order valence-corrected chi connectivity index (χ2v) is 3.66. The molecule has 1 fully saturated rings. The highest BCUT2D eigenvalue weighted by molar-refractivity contribution is 5.98. The highest BCUT2D eigenvalue weighted by Crippen LogP contribution is 2.41. The lowest BCUT2D eigenvalue weighted by Crippen LogP contribution is -2.51. The van der Waals surface area contributed by atoms with Gasteiger partial charge in [-0.3, -0.25) is 4.79 Å². The minimum Gasteiger partial charge on any atom is -0.477 e. The van der Waals surface area contributed by atoms with Crippen molar-refractivity contribution in [3.63, 3.8) is 0 Å². The van der Waals surface area contributed by atoms with E-state index in [1.165, 1.54) is 4.90 Å². The molecule has 0 aromatic carbocycles. The van der Waals surface area contributed by atoms with Gasteiger partial charge in [0.25, 0.3) is 0 Å². The molecule has 0 radical (unpaired) electrons. The van der Waals surface area contributed by atoms with Crippen LogP contribution in [0.1, 0.15) is 13.3 Å². The van der Waals surface area contributed by atoms with E-state index >= 15 is 0 Å². The third-order valence-corrected chi connectivity index (χ3v) is 3.03. The fourth-order valence-corrected chi connectivity index (χ4v) is 2.19. The highest BCUT2D eigenvalue weighted by atomic mass is 16.4. The number of carboxylic acids is 1. The number of carbonyl (C=O) groups excluding carboxylic acids is 1. The van der Waals surface area contributed by atoms with Crippen LogP contribution < -0.4 is 0 Å². The normalized spacial score (nSPS) is 30.4. The van der Waals surface area contributed by atoms with Gasteiger partial charge in [0.05, 0.1) is 12.6 Å². The van der Waals surface area contributed by atoms with Gasteiger partial charge in [-0.1, -0.05) is 6.92 Å². The lowest BCUT2D eigenvalue weighted by Gasteiger charge is -2.37. The fourth-order valence-electron chi connectivity index (χ4n) is 2.19. The van der Waals surface area contributed by atoms with Crippen molar-refractivity contribution in [2.45, 2.75) is 19.4 Å². The number of fused-ring (bicyclic) bond motifs is 1. The molecule has 14 heavy (non-hydrogen) atoms. The van der Waals surface area contributed by atoms with Crippen LogP contribution in [-0.2, 0) is 9.59 Å². The van der Waals surface area contributed by atoms with Crippen molar-refractivity contribution in [1.29, 1.82) is 0 Å². The first-order chi connectivity index (χ1) is 6.57. The molecule has 2 heterocycles. The summed E-state index contributed by atoms with van der Waals surface area (Å²) >= 11 is 0. The van der Waals surface area contributed by atoms with Crippen molar-refractivity contribution in [3.8, 4) is 0 Å². The number of hydrogen-bond acceptors (Lipinski definition) is 3. The second-order valence-electron chi connectivity index (χ2n) is 3.66. The van der Waals surface area contributed by atoms with Crippen LogP contribution >= 0.6 is 0 Å². The summed E-state index contributed by atoms with van der Waals surface area (Å²) in [5.74, 6) is -1.33. The Hall–Kier alpha value is -1.36. The van der Waals surface area contributed by atoms with E-state index in [4.69, 9.17) is 10.2 Å². The first-order valence-electron chi connectivity index (χ1n) is 4.47. The minimum absolute atomic E-state index is 0.0127. The monoisotopic (exact) mass is 197 g/mol. The molecule has 2 aliphatic rings. The van der Waals surface area contributed by atoms with Crippen LogP contribution in [0.15, 0.2) is 11.3 Å². The molecule has 76 valence electrons. The number of rotatable bonds is 2. The van der Waals surface area contributed by atoms with Crippen LogP contribution in [-0.4, -0.2) is 39.6 Å². The van der Waals surface area contributed by atoms with Gasteiger partial charge in [0.2, 0.25) is 5.91 Å². The predicted molar refractivity (Wildman–Crippen MR) is 46.2 cm³/mol. The van der Waals surface area contributed by atoms with Gasteiger partial charge in [-0.15, -0.1) is 0 Å². The Morgan fingerprint density at radius 3 is 2.71 bits per heavy atom. The summed E-state index contributed by atoms with van der Waals surface area (Å²) in [7, 11) is 0. The molecular formula is C9H11NO4.